The largest absolute Gasteiger partial charge is 0.508 e. The van der Waals surface area contributed by atoms with Crippen molar-refractivity contribution in [2.45, 2.75) is 31.3 Å². The van der Waals surface area contributed by atoms with Crippen LogP contribution >= 0.6 is 0 Å². The van der Waals surface area contributed by atoms with Gasteiger partial charge in [-0.3, -0.25) is 0 Å². The molecule has 0 spiro atoms. The van der Waals surface area contributed by atoms with E-state index < -0.39 is 23.9 Å². The van der Waals surface area contributed by atoms with Gasteiger partial charge < -0.3 is 15.3 Å². The number of carboxylic acid groups (broad SMARTS) is 1. The summed E-state index contributed by atoms with van der Waals surface area (Å²) in [6, 6.07) is 5.81. The van der Waals surface area contributed by atoms with Crippen LogP contribution in [0.15, 0.2) is 24.3 Å². The van der Waals surface area contributed by atoms with E-state index in [1.807, 2.05) is 0 Å². The molecular weight excluding hydrogens is 246 g/mol. The van der Waals surface area contributed by atoms with E-state index in [0.717, 1.165) is 6.92 Å². The molecule has 0 aliphatic rings. The molecule has 0 aliphatic heterocycles. The summed E-state index contributed by atoms with van der Waals surface area (Å²) in [6.07, 6.45) is -0.326. The van der Waals surface area contributed by atoms with Gasteiger partial charge in [0.2, 0.25) is 0 Å². The number of aliphatic hydroxyl groups is 1. The quantitative estimate of drug-likeness (QED) is 0.754. The first kappa shape index (κ1) is 14.4. The van der Waals surface area contributed by atoms with Crippen LogP contribution in [0.4, 0.5) is 8.78 Å². The molecule has 0 amide bonds. The number of hydrogen-bond donors (Lipinski definition) is 3. The third-order valence-corrected chi connectivity index (χ3v) is 2.78. The number of phenolic OH excluding ortho intramolecular Hbond substituents is 1. The normalized spacial score (nSPS) is 15.1. The Bertz CT molecular complexity index is 426. The number of carbonyl (C=O) groups is 1. The third kappa shape index (κ3) is 2.95. The second kappa shape index (κ2) is 4.89. The van der Waals surface area contributed by atoms with E-state index in [9.17, 15) is 18.7 Å². The molecular formula is C12H14F2O4. The minimum Gasteiger partial charge on any atom is -0.508 e. The maximum atomic E-state index is 13.2. The van der Waals surface area contributed by atoms with Crippen LogP contribution in [0.3, 0.4) is 0 Å². The second-order valence-corrected chi connectivity index (χ2v) is 4.32. The van der Waals surface area contributed by atoms with Crippen LogP contribution in [0.25, 0.3) is 0 Å². The van der Waals surface area contributed by atoms with Crippen molar-refractivity contribution in [3.05, 3.63) is 29.8 Å². The SMILES string of the molecule is CC(O)(CCc1ccc(O)cc1)C(F)(F)C(=O)O. The molecule has 0 aliphatic carbocycles. The van der Waals surface area contributed by atoms with E-state index in [1.54, 1.807) is 0 Å². The first-order chi connectivity index (χ1) is 8.17. The van der Waals surface area contributed by atoms with Crippen LogP contribution in [0, 0.1) is 0 Å². The average molecular weight is 260 g/mol. The average Bonchev–Trinajstić information content (AvgIpc) is 2.28. The van der Waals surface area contributed by atoms with Crippen molar-refractivity contribution >= 4 is 5.97 Å². The van der Waals surface area contributed by atoms with E-state index in [1.165, 1.54) is 24.3 Å². The molecule has 0 fully saturated rings. The Hall–Kier alpha value is -1.69. The highest BCUT2D eigenvalue weighted by atomic mass is 19.3. The topological polar surface area (TPSA) is 77.8 Å². The Morgan fingerprint density at radius 1 is 1.28 bits per heavy atom. The number of hydrogen-bond acceptors (Lipinski definition) is 3. The second-order valence-electron chi connectivity index (χ2n) is 4.32. The molecule has 0 saturated heterocycles. The number of halogens is 2. The number of carboxylic acids is 1. The Kier molecular flexibility index (Phi) is 3.91. The number of rotatable bonds is 5. The molecule has 1 aromatic rings. The molecule has 18 heavy (non-hydrogen) atoms. The lowest BCUT2D eigenvalue weighted by atomic mass is 9.90. The van der Waals surface area contributed by atoms with E-state index in [-0.39, 0.29) is 12.2 Å². The van der Waals surface area contributed by atoms with E-state index >= 15 is 0 Å². The first-order valence-corrected chi connectivity index (χ1v) is 5.28. The zero-order valence-corrected chi connectivity index (χ0v) is 9.73. The number of aliphatic carboxylic acids is 1. The van der Waals surface area contributed by atoms with Crippen molar-refractivity contribution in [1.29, 1.82) is 0 Å². The Morgan fingerprint density at radius 3 is 2.22 bits per heavy atom. The molecule has 6 heteroatoms. The lowest BCUT2D eigenvalue weighted by Crippen LogP contribution is -2.51. The summed E-state index contributed by atoms with van der Waals surface area (Å²) in [5.41, 5.74) is -2.01. The van der Waals surface area contributed by atoms with Crippen LogP contribution in [-0.2, 0) is 11.2 Å². The minimum absolute atomic E-state index is 0.0429. The molecule has 0 heterocycles. The highest BCUT2D eigenvalue weighted by molar-refractivity contribution is 5.76. The van der Waals surface area contributed by atoms with Crippen LogP contribution < -0.4 is 0 Å². The van der Waals surface area contributed by atoms with E-state index in [4.69, 9.17) is 10.2 Å². The number of aryl methyl sites for hydroxylation is 1. The van der Waals surface area contributed by atoms with Crippen molar-refractivity contribution in [2.75, 3.05) is 0 Å². The molecule has 0 bridgehead atoms. The standard InChI is InChI=1S/C12H14F2O4/c1-11(18,12(13,14)10(16)17)7-6-8-2-4-9(15)5-3-8/h2-5,15,18H,6-7H2,1H3,(H,16,17). The highest BCUT2D eigenvalue weighted by Crippen LogP contribution is 2.32. The number of benzene rings is 1. The molecule has 0 aromatic heterocycles. The van der Waals surface area contributed by atoms with Gasteiger partial charge in [0.05, 0.1) is 0 Å². The first-order valence-electron chi connectivity index (χ1n) is 5.28. The molecule has 0 saturated carbocycles. The van der Waals surface area contributed by atoms with Gasteiger partial charge in [-0.1, -0.05) is 12.1 Å². The predicted octanol–water partition coefficient (Wildman–Crippen LogP) is 1.80. The van der Waals surface area contributed by atoms with Gasteiger partial charge in [-0.2, -0.15) is 8.78 Å². The fourth-order valence-electron chi connectivity index (χ4n) is 1.44. The molecule has 1 unspecified atom stereocenters. The zero-order valence-electron chi connectivity index (χ0n) is 9.73. The fraction of sp³-hybridized carbons (Fsp3) is 0.417. The summed E-state index contributed by atoms with van der Waals surface area (Å²) in [5.74, 6) is -6.51. The van der Waals surface area contributed by atoms with Crippen molar-refractivity contribution in [3.63, 3.8) is 0 Å². The van der Waals surface area contributed by atoms with Gasteiger partial charge >= 0.3 is 11.9 Å². The maximum absolute atomic E-state index is 13.2. The van der Waals surface area contributed by atoms with Crippen LogP contribution in [0.5, 0.6) is 5.75 Å². The fourth-order valence-corrected chi connectivity index (χ4v) is 1.44. The minimum atomic E-state index is -4.20. The summed E-state index contributed by atoms with van der Waals surface area (Å²) >= 11 is 0. The molecule has 4 nitrogen and oxygen atoms in total. The van der Waals surface area contributed by atoms with Crippen molar-refractivity contribution in [3.8, 4) is 5.75 Å². The van der Waals surface area contributed by atoms with Gasteiger partial charge in [0.1, 0.15) is 11.4 Å². The lowest BCUT2D eigenvalue weighted by molar-refractivity contribution is -0.205. The molecule has 1 rings (SSSR count). The summed E-state index contributed by atoms with van der Waals surface area (Å²) in [6.45, 7) is 0.793. The van der Waals surface area contributed by atoms with Gasteiger partial charge in [0.15, 0.2) is 0 Å². The lowest BCUT2D eigenvalue weighted by Gasteiger charge is -2.29. The van der Waals surface area contributed by atoms with Crippen molar-refractivity contribution in [1.82, 2.24) is 0 Å². The summed E-state index contributed by atoms with van der Waals surface area (Å²) in [5, 5.41) is 27.0. The van der Waals surface area contributed by atoms with Crippen LogP contribution in [0.1, 0.15) is 18.9 Å². The van der Waals surface area contributed by atoms with Crippen molar-refractivity contribution < 1.29 is 28.9 Å². The number of aromatic hydroxyl groups is 1. The van der Waals surface area contributed by atoms with Gasteiger partial charge in [0, 0.05) is 0 Å². The molecule has 1 atom stereocenters. The molecule has 1 aromatic carbocycles. The summed E-state index contributed by atoms with van der Waals surface area (Å²) < 4.78 is 26.4. The number of alkyl halides is 2. The van der Waals surface area contributed by atoms with Gasteiger partial charge in [-0.25, -0.2) is 4.79 Å². The monoisotopic (exact) mass is 260 g/mol. The Morgan fingerprint density at radius 2 is 1.78 bits per heavy atom. The number of phenols is 1. The Labute approximate surface area is 102 Å². The zero-order chi connectivity index (χ0) is 14.0. The summed E-state index contributed by atoms with van der Waals surface area (Å²) in [7, 11) is 0. The van der Waals surface area contributed by atoms with Gasteiger partial charge in [0.25, 0.3) is 0 Å². The summed E-state index contributed by atoms with van der Waals surface area (Å²) in [4.78, 5) is 10.4. The smallest absolute Gasteiger partial charge is 0.377 e. The predicted molar refractivity (Wildman–Crippen MR) is 59.6 cm³/mol. The van der Waals surface area contributed by atoms with Gasteiger partial charge in [-0.15, -0.1) is 0 Å². The third-order valence-electron chi connectivity index (χ3n) is 2.78. The van der Waals surface area contributed by atoms with Crippen molar-refractivity contribution in [2.24, 2.45) is 0 Å². The molecule has 0 radical (unpaired) electrons. The van der Waals surface area contributed by atoms with Gasteiger partial charge in [-0.05, 0) is 37.5 Å². The molecule has 3 N–H and O–H groups in total. The maximum Gasteiger partial charge on any atom is 0.377 e. The van der Waals surface area contributed by atoms with E-state index in [2.05, 4.69) is 0 Å². The van der Waals surface area contributed by atoms with E-state index in [0.29, 0.717) is 5.56 Å². The van der Waals surface area contributed by atoms with Crippen LogP contribution in [0.2, 0.25) is 0 Å². The highest BCUT2D eigenvalue weighted by Gasteiger charge is 2.55. The Balaban J connectivity index is 2.73. The molecule has 100 valence electrons. The van der Waals surface area contributed by atoms with Crippen LogP contribution in [-0.4, -0.2) is 32.8 Å².